The molecule has 2 amide bonds. The summed E-state index contributed by atoms with van der Waals surface area (Å²) in [5.41, 5.74) is 2.24. The van der Waals surface area contributed by atoms with Gasteiger partial charge in [-0.2, -0.15) is 0 Å². The summed E-state index contributed by atoms with van der Waals surface area (Å²) in [7, 11) is 0. The molecule has 7 heteroatoms. The average molecular weight is 429 g/mol. The minimum absolute atomic E-state index is 0.227. The minimum atomic E-state index is -0.893. The molecule has 1 aliphatic rings. The number of halogens is 1. The summed E-state index contributed by atoms with van der Waals surface area (Å²) in [5, 5.41) is 2.97. The van der Waals surface area contributed by atoms with Crippen LogP contribution in [-0.4, -0.2) is 37.0 Å². The molecule has 6 nitrogen and oxygen atoms in total. The SMILES string of the molecule is CC(C)[C@@H](NC(=O)c1ccccc1Cl)C(=O)OCC(=O)N1CCCc2ccccc21. The van der Waals surface area contributed by atoms with Gasteiger partial charge in [-0.1, -0.05) is 55.8 Å². The molecule has 1 atom stereocenters. The van der Waals surface area contributed by atoms with Crippen LogP contribution >= 0.6 is 11.6 Å². The number of carbonyl (C=O) groups excluding carboxylic acids is 3. The lowest BCUT2D eigenvalue weighted by Gasteiger charge is -2.29. The first-order chi connectivity index (χ1) is 14.4. The third kappa shape index (κ3) is 5.00. The fraction of sp³-hybridized carbons (Fsp3) is 0.348. The Kier molecular flexibility index (Phi) is 7.11. The van der Waals surface area contributed by atoms with Crippen LogP contribution in [0.5, 0.6) is 0 Å². The summed E-state index contributed by atoms with van der Waals surface area (Å²) < 4.78 is 5.28. The van der Waals surface area contributed by atoms with Gasteiger partial charge in [0.25, 0.3) is 11.8 Å². The van der Waals surface area contributed by atoms with Crippen molar-refractivity contribution < 1.29 is 19.1 Å². The van der Waals surface area contributed by atoms with Crippen molar-refractivity contribution in [1.82, 2.24) is 5.32 Å². The van der Waals surface area contributed by atoms with Gasteiger partial charge < -0.3 is 15.0 Å². The quantitative estimate of drug-likeness (QED) is 0.713. The van der Waals surface area contributed by atoms with Gasteiger partial charge in [0.2, 0.25) is 0 Å². The Morgan fingerprint density at radius 3 is 2.53 bits per heavy atom. The molecule has 0 saturated heterocycles. The Balaban J connectivity index is 1.63. The average Bonchev–Trinajstić information content (AvgIpc) is 2.75. The van der Waals surface area contributed by atoms with E-state index in [9.17, 15) is 14.4 Å². The molecule has 3 rings (SSSR count). The number of hydrogen-bond donors (Lipinski definition) is 1. The van der Waals surface area contributed by atoms with Crippen molar-refractivity contribution in [3.8, 4) is 0 Å². The highest BCUT2D eigenvalue weighted by Crippen LogP contribution is 2.26. The molecule has 1 N–H and O–H groups in total. The molecular formula is C23H25ClN2O4. The van der Waals surface area contributed by atoms with Gasteiger partial charge in [0.15, 0.2) is 6.61 Å². The van der Waals surface area contributed by atoms with Crippen molar-refractivity contribution in [3.63, 3.8) is 0 Å². The molecule has 0 radical (unpaired) electrons. The van der Waals surface area contributed by atoms with Crippen LogP contribution in [-0.2, 0) is 20.7 Å². The molecule has 0 bridgehead atoms. The molecule has 0 aromatic heterocycles. The first-order valence-electron chi connectivity index (χ1n) is 9.98. The van der Waals surface area contributed by atoms with E-state index in [4.69, 9.17) is 16.3 Å². The number of benzene rings is 2. The van der Waals surface area contributed by atoms with Crippen LogP contribution in [0.3, 0.4) is 0 Å². The number of amides is 2. The molecule has 1 aliphatic heterocycles. The van der Waals surface area contributed by atoms with Crippen LogP contribution in [0.25, 0.3) is 0 Å². The number of nitrogens with one attached hydrogen (secondary N) is 1. The Hall–Kier alpha value is -2.86. The molecule has 1 heterocycles. The van der Waals surface area contributed by atoms with Gasteiger partial charge in [-0.05, 0) is 42.5 Å². The predicted octanol–water partition coefficient (Wildman–Crippen LogP) is 3.62. The third-order valence-electron chi connectivity index (χ3n) is 5.07. The number of ether oxygens (including phenoxy) is 1. The lowest BCUT2D eigenvalue weighted by Crippen LogP contribution is -2.46. The number of rotatable bonds is 6. The van der Waals surface area contributed by atoms with Gasteiger partial charge >= 0.3 is 5.97 Å². The van der Waals surface area contributed by atoms with E-state index in [1.807, 2.05) is 24.3 Å². The number of anilines is 1. The van der Waals surface area contributed by atoms with Crippen molar-refractivity contribution >= 4 is 35.1 Å². The molecule has 0 unspecified atom stereocenters. The largest absolute Gasteiger partial charge is 0.454 e. The van der Waals surface area contributed by atoms with Crippen LogP contribution in [0.15, 0.2) is 48.5 Å². The van der Waals surface area contributed by atoms with Gasteiger partial charge in [0.1, 0.15) is 6.04 Å². The van der Waals surface area contributed by atoms with E-state index in [2.05, 4.69) is 5.32 Å². The molecule has 2 aromatic carbocycles. The zero-order chi connectivity index (χ0) is 21.7. The van der Waals surface area contributed by atoms with Gasteiger partial charge in [0.05, 0.1) is 10.6 Å². The number of carbonyl (C=O) groups is 3. The Morgan fingerprint density at radius 1 is 1.10 bits per heavy atom. The van der Waals surface area contributed by atoms with Crippen LogP contribution in [0.4, 0.5) is 5.69 Å². The highest BCUT2D eigenvalue weighted by molar-refractivity contribution is 6.33. The van der Waals surface area contributed by atoms with E-state index in [1.165, 1.54) is 0 Å². The minimum Gasteiger partial charge on any atom is -0.454 e. The molecule has 0 aliphatic carbocycles. The zero-order valence-electron chi connectivity index (χ0n) is 17.1. The van der Waals surface area contributed by atoms with Crippen molar-refractivity contribution in [2.45, 2.75) is 32.7 Å². The van der Waals surface area contributed by atoms with Crippen molar-refractivity contribution in [2.24, 2.45) is 5.92 Å². The molecule has 0 fully saturated rings. The molecular weight excluding hydrogens is 404 g/mol. The van der Waals surface area contributed by atoms with Gasteiger partial charge in [-0.3, -0.25) is 9.59 Å². The predicted molar refractivity (Wildman–Crippen MR) is 116 cm³/mol. The number of esters is 1. The fourth-order valence-electron chi connectivity index (χ4n) is 3.46. The maximum Gasteiger partial charge on any atom is 0.329 e. The highest BCUT2D eigenvalue weighted by atomic mass is 35.5. The standard InChI is InChI=1S/C23H25ClN2O4/c1-15(2)21(25-22(28)17-10-4-5-11-18(17)24)23(29)30-14-20(27)26-13-7-9-16-8-3-6-12-19(16)26/h3-6,8,10-12,15,21H,7,9,13-14H2,1-2H3,(H,25,28)/t21-/m1/s1. The summed E-state index contributed by atoms with van der Waals surface area (Å²) in [4.78, 5) is 39.5. The molecule has 2 aromatic rings. The maximum atomic E-state index is 12.7. The lowest BCUT2D eigenvalue weighted by atomic mass is 10.0. The van der Waals surface area contributed by atoms with Crippen LogP contribution in [0, 0.1) is 5.92 Å². The maximum absolute atomic E-state index is 12.7. The Labute approximate surface area is 181 Å². The third-order valence-corrected chi connectivity index (χ3v) is 5.40. The number of aryl methyl sites for hydroxylation is 1. The number of hydrogen-bond acceptors (Lipinski definition) is 4. The fourth-order valence-corrected chi connectivity index (χ4v) is 3.68. The second-order valence-electron chi connectivity index (χ2n) is 7.56. The summed E-state index contributed by atoms with van der Waals surface area (Å²) in [6.07, 6.45) is 1.78. The normalized spacial score (nSPS) is 14.1. The van der Waals surface area contributed by atoms with Gasteiger partial charge in [0, 0.05) is 12.2 Å². The van der Waals surface area contributed by atoms with Gasteiger partial charge in [-0.25, -0.2) is 4.79 Å². The van der Waals surface area contributed by atoms with Crippen LogP contribution in [0.1, 0.15) is 36.2 Å². The smallest absolute Gasteiger partial charge is 0.329 e. The van der Waals surface area contributed by atoms with Crippen molar-refractivity contribution in [1.29, 1.82) is 0 Å². The number of para-hydroxylation sites is 1. The Morgan fingerprint density at radius 2 is 1.80 bits per heavy atom. The summed E-state index contributed by atoms with van der Waals surface area (Å²) in [6, 6.07) is 13.4. The first-order valence-corrected chi connectivity index (χ1v) is 10.4. The molecule has 158 valence electrons. The van der Waals surface area contributed by atoms with E-state index in [0.29, 0.717) is 11.6 Å². The molecule has 0 spiro atoms. The molecule has 0 saturated carbocycles. The summed E-state index contributed by atoms with van der Waals surface area (Å²) in [6.45, 7) is 3.80. The topological polar surface area (TPSA) is 75.7 Å². The van der Waals surface area contributed by atoms with Gasteiger partial charge in [-0.15, -0.1) is 0 Å². The monoisotopic (exact) mass is 428 g/mol. The number of fused-ring (bicyclic) bond motifs is 1. The summed E-state index contributed by atoms with van der Waals surface area (Å²) >= 11 is 6.06. The van der Waals surface area contributed by atoms with Crippen molar-refractivity contribution in [3.05, 3.63) is 64.7 Å². The van der Waals surface area contributed by atoms with E-state index >= 15 is 0 Å². The van der Waals surface area contributed by atoms with Crippen LogP contribution < -0.4 is 10.2 Å². The second kappa shape index (κ2) is 9.76. The van der Waals surface area contributed by atoms with E-state index in [-0.39, 0.29) is 24.0 Å². The van der Waals surface area contributed by atoms with E-state index in [1.54, 1.807) is 43.0 Å². The van der Waals surface area contributed by atoms with Crippen molar-refractivity contribution in [2.75, 3.05) is 18.1 Å². The molecule has 30 heavy (non-hydrogen) atoms. The first kappa shape index (κ1) is 21.8. The number of nitrogens with zero attached hydrogens (tertiary/aromatic N) is 1. The zero-order valence-corrected chi connectivity index (χ0v) is 17.8. The summed E-state index contributed by atoms with van der Waals surface area (Å²) in [5.74, 6) is -1.62. The van der Waals surface area contributed by atoms with E-state index < -0.39 is 17.9 Å². The lowest BCUT2D eigenvalue weighted by molar-refractivity contribution is -0.150. The highest BCUT2D eigenvalue weighted by Gasteiger charge is 2.29. The second-order valence-corrected chi connectivity index (χ2v) is 7.97. The van der Waals surface area contributed by atoms with Crippen LogP contribution in [0.2, 0.25) is 5.02 Å². The van der Waals surface area contributed by atoms with E-state index in [0.717, 1.165) is 24.1 Å². The Bertz CT molecular complexity index is 944.